The van der Waals surface area contributed by atoms with Gasteiger partial charge in [-0.3, -0.25) is 4.79 Å². The van der Waals surface area contributed by atoms with Crippen LogP contribution < -0.4 is 5.32 Å². The smallest absolute Gasteiger partial charge is 0.234 e. The van der Waals surface area contributed by atoms with Crippen LogP contribution in [0.3, 0.4) is 0 Å². The second-order valence-corrected chi connectivity index (χ2v) is 7.24. The monoisotopic (exact) mass is 351 g/mol. The summed E-state index contributed by atoms with van der Waals surface area (Å²) in [6.45, 7) is 1.92. The number of amides is 1. The molecule has 3 aromatic rings. The number of aromatic nitrogens is 2. The van der Waals surface area contributed by atoms with Crippen molar-refractivity contribution in [2.75, 3.05) is 0 Å². The average molecular weight is 351 g/mol. The number of thioether (sulfide) groups is 1. The summed E-state index contributed by atoms with van der Waals surface area (Å²) in [4.78, 5) is 18.3. The third-order valence-corrected chi connectivity index (χ3v) is 5.07. The number of carbonyl (C=O) groups is 1. The molecule has 0 aliphatic heterocycles. The van der Waals surface area contributed by atoms with Crippen molar-refractivity contribution in [1.82, 2.24) is 14.9 Å². The Bertz CT molecular complexity index is 817. The standard InChI is InChI=1S/C20H21N3OS/c1-15(25-17-11-7-4-8-12-17)20(24)22-18(16-9-5-3-6-10-16)19-21-13-14-23(19)2/h3-15,18H,1-2H3,(H,22,24). The van der Waals surface area contributed by atoms with Gasteiger partial charge < -0.3 is 9.88 Å². The van der Waals surface area contributed by atoms with E-state index in [0.717, 1.165) is 16.3 Å². The van der Waals surface area contributed by atoms with E-state index in [2.05, 4.69) is 10.3 Å². The number of hydrogen-bond donors (Lipinski definition) is 1. The van der Waals surface area contributed by atoms with Crippen LogP contribution in [0.15, 0.2) is 78.0 Å². The van der Waals surface area contributed by atoms with Gasteiger partial charge in [-0.2, -0.15) is 0 Å². The van der Waals surface area contributed by atoms with E-state index in [0.29, 0.717) is 0 Å². The lowest BCUT2D eigenvalue weighted by atomic mass is 10.1. The van der Waals surface area contributed by atoms with E-state index in [9.17, 15) is 4.79 Å². The first-order valence-electron chi connectivity index (χ1n) is 8.19. The summed E-state index contributed by atoms with van der Waals surface area (Å²) in [6.07, 6.45) is 3.64. The summed E-state index contributed by atoms with van der Waals surface area (Å²) in [5.41, 5.74) is 1.02. The quantitative estimate of drug-likeness (QED) is 0.687. The molecule has 2 aromatic carbocycles. The van der Waals surface area contributed by atoms with E-state index < -0.39 is 0 Å². The highest BCUT2D eigenvalue weighted by molar-refractivity contribution is 8.00. The van der Waals surface area contributed by atoms with E-state index >= 15 is 0 Å². The lowest BCUT2D eigenvalue weighted by Crippen LogP contribution is -2.36. The topological polar surface area (TPSA) is 46.9 Å². The van der Waals surface area contributed by atoms with Crippen molar-refractivity contribution in [2.24, 2.45) is 7.05 Å². The summed E-state index contributed by atoms with van der Waals surface area (Å²) in [7, 11) is 1.94. The highest BCUT2D eigenvalue weighted by Gasteiger charge is 2.23. The van der Waals surface area contributed by atoms with E-state index in [1.807, 2.05) is 85.4 Å². The molecule has 2 atom stereocenters. The molecule has 1 N–H and O–H groups in total. The van der Waals surface area contributed by atoms with E-state index in [-0.39, 0.29) is 17.2 Å². The number of benzene rings is 2. The summed E-state index contributed by atoms with van der Waals surface area (Å²) in [5, 5.41) is 2.95. The van der Waals surface area contributed by atoms with Crippen LogP contribution in [-0.4, -0.2) is 20.7 Å². The number of carbonyl (C=O) groups excluding carboxylic acids is 1. The second-order valence-electron chi connectivity index (χ2n) is 5.82. The third-order valence-electron chi connectivity index (χ3n) is 3.96. The lowest BCUT2D eigenvalue weighted by Gasteiger charge is -2.21. The Morgan fingerprint density at radius 3 is 2.32 bits per heavy atom. The van der Waals surface area contributed by atoms with Crippen LogP contribution in [0.2, 0.25) is 0 Å². The van der Waals surface area contributed by atoms with Crippen molar-refractivity contribution in [1.29, 1.82) is 0 Å². The van der Waals surface area contributed by atoms with Gasteiger partial charge in [0.15, 0.2) is 0 Å². The predicted octanol–water partition coefficient (Wildman–Crippen LogP) is 3.81. The van der Waals surface area contributed by atoms with Crippen LogP contribution in [0.1, 0.15) is 24.4 Å². The molecule has 4 nitrogen and oxygen atoms in total. The van der Waals surface area contributed by atoms with E-state index in [1.165, 1.54) is 0 Å². The van der Waals surface area contributed by atoms with Gasteiger partial charge in [-0.1, -0.05) is 48.5 Å². The van der Waals surface area contributed by atoms with Crippen molar-refractivity contribution in [3.63, 3.8) is 0 Å². The van der Waals surface area contributed by atoms with Crippen LogP contribution in [0.5, 0.6) is 0 Å². The number of imidazole rings is 1. The first kappa shape index (κ1) is 17.3. The second kappa shape index (κ2) is 8.03. The highest BCUT2D eigenvalue weighted by Crippen LogP contribution is 2.25. The summed E-state index contributed by atoms with van der Waals surface area (Å²) in [5.74, 6) is 0.808. The molecule has 1 aromatic heterocycles. The minimum Gasteiger partial charge on any atom is -0.341 e. The van der Waals surface area contributed by atoms with Gasteiger partial charge in [0.05, 0.1) is 5.25 Å². The molecular weight excluding hydrogens is 330 g/mol. The van der Waals surface area contributed by atoms with Gasteiger partial charge in [-0.25, -0.2) is 4.98 Å². The number of nitrogens with one attached hydrogen (secondary N) is 1. The van der Waals surface area contributed by atoms with Gasteiger partial charge in [0.2, 0.25) is 5.91 Å². The third kappa shape index (κ3) is 4.31. The Balaban J connectivity index is 1.78. The number of aryl methyl sites for hydroxylation is 1. The minimum atomic E-state index is -0.271. The van der Waals surface area contributed by atoms with E-state index in [1.54, 1.807) is 18.0 Å². The van der Waals surface area contributed by atoms with Crippen LogP contribution in [0.25, 0.3) is 0 Å². The molecule has 0 radical (unpaired) electrons. The van der Waals surface area contributed by atoms with Crippen LogP contribution >= 0.6 is 11.8 Å². The Kier molecular flexibility index (Phi) is 5.56. The van der Waals surface area contributed by atoms with Gasteiger partial charge in [-0.15, -0.1) is 11.8 Å². The molecule has 2 unspecified atom stereocenters. The highest BCUT2D eigenvalue weighted by atomic mass is 32.2. The zero-order chi connectivity index (χ0) is 17.6. The van der Waals surface area contributed by atoms with Crippen molar-refractivity contribution < 1.29 is 4.79 Å². The fourth-order valence-electron chi connectivity index (χ4n) is 2.61. The van der Waals surface area contributed by atoms with Crippen molar-refractivity contribution in [2.45, 2.75) is 23.1 Å². The molecule has 0 spiro atoms. The SMILES string of the molecule is CC(Sc1ccccc1)C(=O)NC(c1ccccc1)c1nccn1C. The molecule has 0 fully saturated rings. The molecule has 128 valence electrons. The molecule has 0 aliphatic carbocycles. The largest absolute Gasteiger partial charge is 0.341 e. The van der Waals surface area contributed by atoms with Crippen LogP contribution in [0, 0.1) is 0 Å². The van der Waals surface area contributed by atoms with Gasteiger partial charge in [-0.05, 0) is 24.6 Å². The van der Waals surface area contributed by atoms with Crippen molar-refractivity contribution >= 4 is 17.7 Å². The fraction of sp³-hybridized carbons (Fsp3) is 0.200. The molecular formula is C20H21N3OS. The van der Waals surface area contributed by atoms with Crippen molar-refractivity contribution in [3.8, 4) is 0 Å². The first-order chi connectivity index (χ1) is 12.1. The van der Waals surface area contributed by atoms with Crippen LogP contribution in [-0.2, 0) is 11.8 Å². The van der Waals surface area contributed by atoms with E-state index in [4.69, 9.17) is 0 Å². The lowest BCUT2D eigenvalue weighted by molar-refractivity contribution is -0.120. The number of hydrogen-bond acceptors (Lipinski definition) is 3. The zero-order valence-corrected chi connectivity index (χ0v) is 15.1. The maximum Gasteiger partial charge on any atom is 0.234 e. The maximum absolute atomic E-state index is 12.8. The number of rotatable bonds is 6. The Hall–Kier alpha value is -2.53. The molecule has 1 amide bonds. The predicted molar refractivity (Wildman–Crippen MR) is 101 cm³/mol. The molecule has 5 heteroatoms. The Labute approximate surface area is 152 Å². The normalized spacial score (nSPS) is 13.2. The van der Waals surface area contributed by atoms with Crippen molar-refractivity contribution in [3.05, 3.63) is 84.4 Å². The molecule has 0 saturated heterocycles. The molecule has 0 bridgehead atoms. The summed E-state index contributed by atoms with van der Waals surface area (Å²) >= 11 is 1.55. The minimum absolute atomic E-state index is 0.00861. The molecule has 3 rings (SSSR count). The van der Waals surface area contributed by atoms with Gasteiger partial charge in [0.1, 0.15) is 11.9 Å². The number of nitrogens with zero attached hydrogens (tertiary/aromatic N) is 2. The Morgan fingerprint density at radius 2 is 1.72 bits per heavy atom. The van der Waals surface area contributed by atoms with Gasteiger partial charge >= 0.3 is 0 Å². The summed E-state index contributed by atoms with van der Waals surface area (Å²) < 4.78 is 1.94. The zero-order valence-electron chi connectivity index (χ0n) is 14.3. The van der Waals surface area contributed by atoms with Gasteiger partial charge in [0, 0.05) is 24.3 Å². The Morgan fingerprint density at radius 1 is 1.08 bits per heavy atom. The van der Waals surface area contributed by atoms with Crippen LogP contribution in [0.4, 0.5) is 0 Å². The first-order valence-corrected chi connectivity index (χ1v) is 9.07. The fourth-order valence-corrected chi connectivity index (χ4v) is 3.51. The molecule has 0 aliphatic rings. The summed E-state index contributed by atoms with van der Waals surface area (Å²) in [6, 6.07) is 19.6. The average Bonchev–Trinajstić information content (AvgIpc) is 3.06. The van der Waals surface area contributed by atoms with Gasteiger partial charge in [0.25, 0.3) is 0 Å². The molecule has 25 heavy (non-hydrogen) atoms. The molecule has 1 heterocycles. The maximum atomic E-state index is 12.8. The molecule has 0 saturated carbocycles.